The minimum absolute atomic E-state index is 0.0183. The molecule has 1 aromatic heterocycles. The van der Waals surface area contributed by atoms with Gasteiger partial charge < -0.3 is 9.42 Å². The van der Waals surface area contributed by atoms with E-state index in [4.69, 9.17) is 4.52 Å². The number of aryl methyl sites for hydroxylation is 2. The highest BCUT2D eigenvalue weighted by atomic mass is 32.2. The van der Waals surface area contributed by atoms with Gasteiger partial charge in [0.2, 0.25) is 0 Å². The number of hydrogen-bond acceptors (Lipinski definition) is 5. The lowest BCUT2D eigenvalue weighted by Gasteiger charge is -2.36. The number of amides is 1. The van der Waals surface area contributed by atoms with E-state index in [2.05, 4.69) is 9.88 Å². The van der Waals surface area contributed by atoms with Crippen LogP contribution in [0.3, 0.4) is 0 Å². The van der Waals surface area contributed by atoms with Crippen LogP contribution in [0.1, 0.15) is 47.5 Å². The minimum atomic E-state index is -3.44. The molecule has 24 heavy (non-hydrogen) atoms. The van der Waals surface area contributed by atoms with Crippen molar-refractivity contribution in [3.8, 4) is 0 Å². The molecule has 0 aliphatic carbocycles. The van der Waals surface area contributed by atoms with Gasteiger partial charge in [-0.3, -0.25) is 4.79 Å². The Morgan fingerprint density at radius 1 is 1.38 bits per heavy atom. The fraction of sp³-hybridized carbons (Fsp3) is 0.733. The highest BCUT2D eigenvalue weighted by molar-refractivity contribution is 7.87. The van der Waals surface area contributed by atoms with E-state index < -0.39 is 10.2 Å². The highest BCUT2D eigenvalue weighted by Crippen LogP contribution is 2.24. The summed E-state index contributed by atoms with van der Waals surface area (Å²) in [6, 6.07) is 0.0183. The second-order valence-corrected chi connectivity index (χ2v) is 8.29. The van der Waals surface area contributed by atoms with Crippen molar-refractivity contribution in [2.24, 2.45) is 0 Å². The summed E-state index contributed by atoms with van der Waals surface area (Å²) >= 11 is 0. The van der Waals surface area contributed by atoms with Gasteiger partial charge in [0.05, 0.1) is 5.69 Å². The normalized spacial score (nSPS) is 19.0. The van der Waals surface area contributed by atoms with E-state index in [1.807, 2.05) is 4.90 Å². The first-order valence-electron chi connectivity index (χ1n) is 8.15. The molecule has 8 nitrogen and oxygen atoms in total. The van der Waals surface area contributed by atoms with Crippen LogP contribution in [-0.4, -0.2) is 61.9 Å². The number of nitrogens with one attached hydrogen (secondary N) is 1. The lowest BCUT2D eigenvalue weighted by molar-refractivity contribution is 0.0601. The zero-order chi connectivity index (χ0) is 17.9. The van der Waals surface area contributed by atoms with Gasteiger partial charge in [-0.15, -0.1) is 0 Å². The number of likely N-dealkylation sites (tertiary alicyclic amines) is 1. The SMILES string of the molecule is Cc1noc(C)c1C(=O)N1CCCC[C@H]1CCNS(=O)(=O)N(C)C. The predicted octanol–water partition coefficient (Wildman–Crippen LogP) is 1.07. The van der Waals surface area contributed by atoms with Gasteiger partial charge in [0.15, 0.2) is 0 Å². The van der Waals surface area contributed by atoms with Crippen LogP contribution in [0.15, 0.2) is 4.52 Å². The molecule has 1 aromatic rings. The van der Waals surface area contributed by atoms with E-state index in [9.17, 15) is 13.2 Å². The maximum absolute atomic E-state index is 12.9. The van der Waals surface area contributed by atoms with Crippen LogP contribution in [0.5, 0.6) is 0 Å². The van der Waals surface area contributed by atoms with Crippen molar-refractivity contribution in [3.63, 3.8) is 0 Å². The number of carbonyl (C=O) groups is 1. The molecular formula is C15H26N4O4S. The summed E-state index contributed by atoms with van der Waals surface area (Å²) in [7, 11) is -0.474. The van der Waals surface area contributed by atoms with Gasteiger partial charge in [-0.25, -0.2) is 4.72 Å². The third-order valence-electron chi connectivity index (χ3n) is 4.38. The van der Waals surface area contributed by atoms with Crippen LogP contribution in [0.25, 0.3) is 0 Å². The van der Waals surface area contributed by atoms with Gasteiger partial charge >= 0.3 is 0 Å². The van der Waals surface area contributed by atoms with Gasteiger partial charge in [-0.1, -0.05) is 5.16 Å². The first kappa shape index (κ1) is 18.9. The Labute approximate surface area is 143 Å². The monoisotopic (exact) mass is 358 g/mol. The van der Waals surface area contributed by atoms with Crippen LogP contribution in [0.2, 0.25) is 0 Å². The minimum Gasteiger partial charge on any atom is -0.361 e. The molecule has 0 spiro atoms. The molecule has 0 aromatic carbocycles. The van der Waals surface area contributed by atoms with Gasteiger partial charge in [-0.2, -0.15) is 12.7 Å². The quantitative estimate of drug-likeness (QED) is 0.821. The fourth-order valence-electron chi connectivity index (χ4n) is 2.98. The topological polar surface area (TPSA) is 95.7 Å². The first-order valence-corrected chi connectivity index (χ1v) is 9.59. The smallest absolute Gasteiger partial charge is 0.278 e. The largest absolute Gasteiger partial charge is 0.361 e. The van der Waals surface area contributed by atoms with E-state index in [1.54, 1.807) is 13.8 Å². The van der Waals surface area contributed by atoms with E-state index >= 15 is 0 Å². The van der Waals surface area contributed by atoms with Crippen LogP contribution < -0.4 is 4.72 Å². The van der Waals surface area contributed by atoms with Crippen molar-refractivity contribution in [1.29, 1.82) is 0 Å². The zero-order valence-electron chi connectivity index (χ0n) is 14.7. The average molecular weight is 358 g/mol. The van der Waals surface area contributed by atoms with Crippen LogP contribution >= 0.6 is 0 Å². The van der Waals surface area contributed by atoms with Crippen molar-refractivity contribution in [1.82, 2.24) is 19.1 Å². The molecule has 2 rings (SSSR count). The predicted molar refractivity (Wildman–Crippen MR) is 89.9 cm³/mol. The molecule has 136 valence electrons. The fourth-order valence-corrected chi connectivity index (χ4v) is 3.62. The second kappa shape index (κ2) is 7.62. The molecule has 0 bridgehead atoms. The summed E-state index contributed by atoms with van der Waals surface area (Å²) in [5.41, 5.74) is 1.12. The molecule has 1 atom stereocenters. The van der Waals surface area contributed by atoms with Crippen LogP contribution in [0.4, 0.5) is 0 Å². The molecule has 0 radical (unpaired) electrons. The summed E-state index contributed by atoms with van der Waals surface area (Å²) in [6.07, 6.45) is 3.45. The molecular weight excluding hydrogens is 332 g/mol. The second-order valence-electron chi connectivity index (χ2n) is 6.32. The zero-order valence-corrected chi connectivity index (χ0v) is 15.5. The molecule has 1 aliphatic heterocycles. The van der Waals surface area contributed by atoms with Crippen LogP contribution in [0, 0.1) is 13.8 Å². The molecule has 1 fully saturated rings. The number of hydrogen-bond donors (Lipinski definition) is 1. The maximum Gasteiger partial charge on any atom is 0.278 e. The van der Waals surface area contributed by atoms with E-state index in [-0.39, 0.29) is 11.9 Å². The van der Waals surface area contributed by atoms with E-state index in [0.29, 0.717) is 36.5 Å². The lowest BCUT2D eigenvalue weighted by atomic mass is 9.98. The Morgan fingerprint density at radius 2 is 2.08 bits per heavy atom. The number of rotatable bonds is 6. The number of aromatic nitrogens is 1. The standard InChI is InChI=1S/C15H26N4O4S/c1-11-14(12(2)23-17-11)15(20)19-10-6-5-7-13(19)8-9-16-24(21,22)18(3)4/h13,16H,5-10H2,1-4H3/t13-/m0/s1. The van der Waals surface area contributed by atoms with Crippen molar-refractivity contribution >= 4 is 16.1 Å². The van der Waals surface area contributed by atoms with Gasteiger partial charge in [0, 0.05) is 33.2 Å². The molecule has 1 N–H and O–H groups in total. The average Bonchev–Trinajstić information content (AvgIpc) is 2.86. The van der Waals surface area contributed by atoms with Gasteiger partial charge in [0.25, 0.3) is 16.1 Å². The first-order chi connectivity index (χ1) is 11.2. The molecule has 1 saturated heterocycles. The van der Waals surface area contributed by atoms with E-state index in [1.165, 1.54) is 14.1 Å². The Balaban J connectivity index is 2.04. The molecule has 0 unspecified atom stereocenters. The van der Waals surface area contributed by atoms with Gasteiger partial charge in [0.1, 0.15) is 11.3 Å². The van der Waals surface area contributed by atoms with Gasteiger partial charge in [-0.05, 0) is 39.5 Å². The third-order valence-corrected chi connectivity index (χ3v) is 5.91. The third kappa shape index (κ3) is 4.14. The summed E-state index contributed by atoms with van der Waals surface area (Å²) in [5, 5.41) is 3.85. The van der Waals surface area contributed by atoms with Crippen LogP contribution in [-0.2, 0) is 10.2 Å². The molecule has 9 heteroatoms. The number of piperidine rings is 1. The Kier molecular flexibility index (Phi) is 6.00. The molecule has 1 aliphatic rings. The van der Waals surface area contributed by atoms with E-state index in [0.717, 1.165) is 23.6 Å². The summed E-state index contributed by atoms with van der Waals surface area (Å²) < 4.78 is 32.3. The Hall–Kier alpha value is -1.45. The molecule has 2 heterocycles. The number of carbonyl (C=O) groups excluding carboxylic acids is 1. The Bertz CT molecular complexity index is 664. The maximum atomic E-state index is 12.9. The summed E-state index contributed by atoms with van der Waals surface area (Å²) in [6.45, 7) is 4.47. The summed E-state index contributed by atoms with van der Waals surface area (Å²) in [4.78, 5) is 14.7. The van der Waals surface area contributed by atoms with Crippen molar-refractivity contribution in [2.75, 3.05) is 27.2 Å². The molecule has 1 amide bonds. The highest BCUT2D eigenvalue weighted by Gasteiger charge is 2.30. The lowest BCUT2D eigenvalue weighted by Crippen LogP contribution is -2.46. The summed E-state index contributed by atoms with van der Waals surface area (Å²) in [5.74, 6) is 0.446. The van der Waals surface area contributed by atoms with Crippen molar-refractivity contribution in [3.05, 3.63) is 17.0 Å². The Morgan fingerprint density at radius 3 is 2.67 bits per heavy atom. The number of nitrogens with zero attached hydrogens (tertiary/aromatic N) is 3. The van der Waals surface area contributed by atoms with Crippen molar-refractivity contribution in [2.45, 2.75) is 45.6 Å². The molecule has 0 saturated carbocycles. The van der Waals surface area contributed by atoms with Crippen molar-refractivity contribution < 1.29 is 17.7 Å².